The van der Waals surface area contributed by atoms with Crippen LogP contribution in [0.5, 0.6) is 0 Å². The second-order valence-electron chi connectivity index (χ2n) is 14.3. The predicted octanol–water partition coefficient (Wildman–Crippen LogP) is 11.8. The number of benzene rings is 8. The van der Waals surface area contributed by atoms with Gasteiger partial charge in [0.05, 0.1) is 0 Å². The summed E-state index contributed by atoms with van der Waals surface area (Å²) in [5.41, 5.74) is 4.48. The minimum atomic E-state index is -3.25. The fourth-order valence-corrected chi connectivity index (χ4v) is 23.6. The van der Waals surface area contributed by atoms with E-state index < -0.39 is 10.6 Å². The van der Waals surface area contributed by atoms with Crippen LogP contribution in [0.3, 0.4) is 0 Å². The van der Waals surface area contributed by atoms with E-state index in [0.29, 0.717) is 0 Å². The first-order valence-corrected chi connectivity index (χ1v) is 27.8. The van der Waals surface area contributed by atoms with Gasteiger partial charge in [-0.1, -0.05) is 0 Å². The normalized spacial score (nSPS) is 12.9. The summed E-state index contributed by atoms with van der Waals surface area (Å²) in [6, 6.07) is 83.4. The van der Waals surface area contributed by atoms with E-state index in [9.17, 15) is 0 Å². The average molecular weight is 889 g/mol. The van der Waals surface area contributed by atoms with Gasteiger partial charge >= 0.3 is 350 Å². The summed E-state index contributed by atoms with van der Waals surface area (Å²) in [7, 11) is 0. The first-order valence-electron chi connectivity index (χ1n) is 18.9. The Labute approximate surface area is 348 Å². The molecule has 8 aromatic carbocycles. The molecule has 0 saturated carbocycles. The van der Waals surface area contributed by atoms with Gasteiger partial charge in [-0.05, 0) is 0 Å². The maximum atomic E-state index is 4.68. The first kappa shape index (κ1) is 38.0. The van der Waals surface area contributed by atoms with Crippen molar-refractivity contribution < 1.29 is 0 Å². The van der Waals surface area contributed by atoms with Gasteiger partial charge in [0.2, 0.25) is 0 Å². The molecular formula is C52H42Br2P2. The molecule has 56 heavy (non-hydrogen) atoms. The van der Waals surface area contributed by atoms with Gasteiger partial charge in [0, 0.05) is 0 Å². The summed E-state index contributed by atoms with van der Waals surface area (Å²) in [4.78, 5) is 0. The van der Waals surface area contributed by atoms with Crippen molar-refractivity contribution in [1.82, 2.24) is 0 Å². The Balaban J connectivity index is 1.29. The average Bonchev–Trinajstić information content (AvgIpc) is 3.28. The molecule has 0 aromatic heterocycles. The van der Waals surface area contributed by atoms with Crippen molar-refractivity contribution in [2.45, 2.75) is 12.3 Å². The minimum absolute atomic E-state index is 0.768. The fourth-order valence-electron chi connectivity index (χ4n) is 8.21. The van der Waals surface area contributed by atoms with Gasteiger partial charge in [0.15, 0.2) is 0 Å². The van der Waals surface area contributed by atoms with E-state index in [0.717, 1.165) is 23.5 Å². The van der Waals surface area contributed by atoms with Crippen LogP contribution >= 0.6 is 41.6 Å². The number of rotatable bonds is 10. The molecule has 274 valence electrons. The molecule has 0 atom stereocenters. The quantitative estimate of drug-likeness (QED) is 0.0948. The molecular weight excluding hydrogens is 846 g/mol. The first-order chi connectivity index (χ1) is 27.4. The summed E-state index contributed by atoms with van der Waals surface area (Å²) in [5, 5.41) is 1.21. The third-order valence-corrected chi connectivity index (χ3v) is 30.1. The molecule has 0 fully saturated rings. The van der Waals surface area contributed by atoms with E-state index >= 15 is 0 Å². The van der Waals surface area contributed by atoms with Crippen molar-refractivity contribution in [2.24, 2.45) is 0 Å². The predicted molar refractivity (Wildman–Crippen MR) is 254 cm³/mol. The Bertz CT molecular complexity index is 2240. The van der Waals surface area contributed by atoms with Gasteiger partial charge in [-0.25, -0.2) is 0 Å². The van der Waals surface area contributed by atoms with Gasteiger partial charge in [0.25, 0.3) is 0 Å². The molecule has 0 nitrogen and oxygen atoms in total. The van der Waals surface area contributed by atoms with Crippen LogP contribution in [0.15, 0.2) is 231 Å². The van der Waals surface area contributed by atoms with Crippen LogP contribution in [-0.2, 0) is 12.3 Å². The molecule has 0 radical (unpaired) electrons. The topological polar surface area (TPSA) is 0 Å². The number of halogens is 2. The molecule has 0 amide bonds. The van der Waals surface area contributed by atoms with Crippen molar-refractivity contribution in [1.29, 1.82) is 0 Å². The van der Waals surface area contributed by atoms with Crippen molar-refractivity contribution in [3.8, 4) is 11.8 Å². The molecule has 0 N–H and O–H groups in total. The standard InChI is InChI=1S/C52H42Br2P2/c53-55(47-27-7-1-8-28-47,48-29-9-2-10-30-48,49-31-11-3-12-32-49)41-45-25-21-19-23-43(45)39-40-44-24-20-22-26-46(44)42-56(54,50-33-13-4-14-34-50,51-35-15-5-16-36-51)52-37-17-6-18-38-52/h1-38H,41-42H2. The molecule has 0 heterocycles. The van der Waals surface area contributed by atoms with Gasteiger partial charge < -0.3 is 0 Å². The third kappa shape index (κ3) is 6.72. The molecule has 4 heteroatoms. The van der Waals surface area contributed by atoms with Crippen LogP contribution in [0.2, 0.25) is 0 Å². The number of hydrogen-bond donors (Lipinski definition) is 0. The zero-order chi connectivity index (χ0) is 38.4. The zero-order valence-electron chi connectivity index (χ0n) is 31.0. The molecule has 0 aliphatic rings. The SMILES string of the molecule is BrP(Cc1ccccc1C#Cc1ccccc1CP(Br)(c1ccccc1)(c1ccccc1)c1ccccc1)(c1ccccc1)(c1ccccc1)c1ccccc1. The second kappa shape index (κ2) is 15.9. The van der Waals surface area contributed by atoms with Crippen molar-refractivity contribution >= 4 is 73.4 Å². The molecule has 8 aromatic rings. The van der Waals surface area contributed by atoms with E-state index in [1.807, 2.05) is 0 Å². The molecule has 0 aliphatic carbocycles. The van der Waals surface area contributed by atoms with Crippen LogP contribution in [0.4, 0.5) is 0 Å². The van der Waals surface area contributed by atoms with Gasteiger partial charge in [-0.2, -0.15) is 0 Å². The fraction of sp³-hybridized carbons (Fsp3) is 0.0385. The number of hydrogen-bond acceptors (Lipinski definition) is 0. The maximum absolute atomic E-state index is 4.68. The monoisotopic (exact) mass is 886 g/mol. The van der Waals surface area contributed by atoms with Crippen molar-refractivity contribution in [3.05, 3.63) is 253 Å². The Morgan fingerprint density at radius 1 is 0.268 bits per heavy atom. The molecule has 0 unspecified atom stereocenters. The Morgan fingerprint density at radius 3 is 0.696 bits per heavy atom. The summed E-state index contributed by atoms with van der Waals surface area (Å²) < 4.78 is 0. The van der Waals surface area contributed by atoms with Crippen LogP contribution in [0.1, 0.15) is 22.3 Å². The second-order valence-corrected chi connectivity index (χ2v) is 32.1. The Kier molecular flexibility index (Phi) is 10.8. The summed E-state index contributed by atoms with van der Waals surface area (Å²) in [5.74, 6) is 7.46. The van der Waals surface area contributed by atoms with Crippen LogP contribution in [0.25, 0.3) is 0 Å². The van der Waals surface area contributed by atoms with Crippen LogP contribution in [0, 0.1) is 11.8 Å². The van der Waals surface area contributed by atoms with E-state index in [-0.39, 0.29) is 0 Å². The molecule has 0 saturated heterocycles. The molecule has 0 spiro atoms. The van der Waals surface area contributed by atoms with Crippen molar-refractivity contribution in [2.75, 3.05) is 0 Å². The summed E-state index contributed by atoms with van der Waals surface area (Å²) in [6.07, 6.45) is 1.54. The Hall–Kier alpha value is -4.86. The molecule has 0 aliphatic heterocycles. The summed E-state index contributed by atoms with van der Waals surface area (Å²) in [6.45, 7) is 0. The van der Waals surface area contributed by atoms with Crippen LogP contribution < -0.4 is 31.8 Å². The molecule has 8 rings (SSSR count). The zero-order valence-corrected chi connectivity index (χ0v) is 36.0. The van der Waals surface area contributed by atoms with Gasteiger partial charge in [-0.3, -0.25) is 0 Å². The Morgan fingerprint density at radius 2 is 0.464 bits per heavy atom. The van der Waals surface area contributed by atoms with E-state index in [4.69, 9.17) is 0 Å². The summed E-state index contributed by atoms with van der Waals surface area (Å²) >= 11 is 9.37. The third-order valence-electron chi connectivity index (χ3n) is 11.1. The van der Waals surface area contributed by atoms with E-state index in [1.165, 1.54) is 43.0 Å². The van der Waals surface area contributed by atoms with Crippen LogP contribution in [-0.4, -0.2) is 0 Å². The van der Waals surface area contributed by atoms with E-state index in [1.54, 1.807) is 0 Å². The van der Waals surface area contributed by atoms with E-state index in [2.05, 4.69) is 273 Å². The van der Waals surface area contributed by atoms with Crippen molar-refractivity contribution in [3.63, 3.8) is 0 Å². The van der Waals surface area contributed by atoms with Gasteiger partial charge in [0.1, 0.15) is 0 Å². The molecule has 0 bridgehead atoms. The van der Waals surface area contributed by atoms with Gasteiger partial charge in [-0.15, -0.1) is 0 Å².